The fraction of sp³-hybridized carbons (Fsp3) is 0.500. The van der Waals surface area contributed by atoms with Crippen molar-refractivity contribution >= 4 is 17.3 Å². The first-order chi connectivity index (χ1) is 9.11. The fourth-order valence-electron chi connectivity index (χ4n) is 2.19. The molecule has 5 nitrogen and oxygen atoms in total. The highest BCUT2D eigenvalue weighted by Gasteiger charge is 2.26. The van der Waals surface area contributed by atoms with Crippen LogP contribution in [-0.4, -0.2) is 31.8 Å². The summed E-state index contributed by atoms with van der Waals surface area (Å²) in [4.78, 5) is 13.7. The van der Waals surface area contributed by atoms with Gasteiger partial charge in [0.2, 0.25) is 0 Å². The molecule has 5 heteroatoms. The summed E-state index contributed by atoms with van der Waals surface area (Å²) in [5.41, 5.74) is 7.38. The third kappa shape index (κ3) is 3.10. The average molecular weight is 264 g/mol. The topological polar surface area (TPSA) is 64.8 Å². The standard InChI is InChI=1S/C14H20N2O3/c1-3-7-18-13(17)9-16-8-10(2)19-12-6-4-5-11(15)14(12)16/h4-6,10H,3,7-9,15H2,1-2H3. The quantitative estimate of drug-likeness (QED) is 0.663. The van der Waals surface area contributed by atoms with Gasteiger partial charge in [0.15, 0.2) is 0 Å². The maximum absolute atomic E-state index is 11.8. The molecular formula is C14H20N2O3. The number of carbonyl (C=O) groups is 1. The minimum atomic E-state index is -0.231. The largest absolute Gasteiger partial charge is 0.487 e. The number of nitrogens with zero attached hydrogens (tertiary/aromatic N) is 1. The molecule has 1 aromatic carbocycles. The van der Waals surface area contributed by atoms with E-state index in [0.717, 1.165) is 17.9 Å². The average Bonchev–Trinajstić information content (AvgIpc) is 2.35. The molecule has 2 rings (SSSR count). The van der Waals surface area contributed by atoms with Crippen molar-refractivity contribution in [1.82, 2.24) is 0 Å². The number of esters is 1. The number of rotatable bonds is 4. The number of ether oxygens (including phenoxy) is 2. The monoisotopic (exact) mass is 264 g/mol. The predicted octanol–water partition coefficient (Wildman–Crippen LogP) is 1.81. The molecular weight excluding hydrogens is 244 g/mol. The van der Waals surface area contributed by atoms with Gasteiger partial charge in [-0.3, -0.25) is 4.79 Å². The summed E-state index contributed by atoms with van der Waals surface area (Å²) in [6, 6.07) is 5.52. The van der Waals surface area contributed by atoms with Crippen molar-refractivity contribution in [2.75, 3.05) is 30.3 Å². The number of fused-ring (bicyclic) bond motifs is 1. The Morgan fingerprint density at radius 2 is 2.37 bits per heavy atom. The second kappa shape index (κ2) is 5.82. The smallest absolute Gasteiger partial charge is 0.325 e. The molecule has 1 aromatic rings. The lowest BCUT2D eigenvalue weighted by atomic mass is 10.1. The molecule has 0 bridgehead atoms. The van der Waals surface area contributed by atoms with E-state index in [9.17, 15) is 4.79 Å². The zero-order chi connectivity index (χ0) is 13.8. The Bertz CT molecular complexity index is 462. The van der Waals surface area contributed by atoms with Crippen LogP contribution in [0.3, 0.4) is 0 Å². The first-order valence-corrected chi connectivity index (χ1v) is 6.57. The van der Waals surface area contributed by atoms with Gasteiger partial charge in [-0.2, -0.15) is 0 Å². The normalized spacial score (nSPS) is 17.6. The lowest BCUT2D eigenvalue weighted by molar-refractivity contribution is -0.142. The number of anilines is 2. The molecule has 0 aromatic heterocycles. The molecule has 1 aliphatic heterocycles. The van der Waals surface area contributed by atoms with Crippen molar-refractivity contribution in [1.29, 1.82) is 0 Å². The molecule has 19 heavy (non-hydrogen) atoms. The second-order valence-electron chi connectivity index (χ2n) is 4.72. The molecule has 1 atom stereocenters. The first-order valence-electron chi connectivity index (χ1n) is 6.57. The van der Waals surface area contributed by atoms with Crippen LogP contribution < -0.4 is 15.4 Å². The summed E-state index contributed by atoms with van der Waals surface area (Å²) in [5.74, 6) is 0.493. The van der Waals surface area contributed by atoms with Gasteiger partial charge < -0.3 is 20.1 Å². The van der Waals surface area contributed by atoms with Gasteiger partial charge in [0.05, 0.1) is 18.8 Å². The predicted molar refractivity (Wildman–Crippen MR) is 74.4 cm³/mol. The molecule has 0 saturated carbocycles. The number of para-hydroxylation sites is 1. The highest BCUT2D eigenvalue weighted by atomic mass is 16.5. The highest BCUT2D eigenvalue weighted by molar-refractivity contribution is 5.82. The minimum Gasteiger partial charge on any atom is -0.487 e. The molecule has 104 valence electrons. The van der Waals surface area contributed by atoms with E-state index < -0.39 is 0 Å². The first kappa shape index (κ1) is 13.5. The number of nitrogens with two attached hydrogens (primary N) is 1. The molecule has 0 spiro atoms. The van der Waals surface area contributed by atoms with Crippen LogP contribution in [0.15, 0.2) is 18.2 Å². The Labute approximate surface area is 113 Å². The van der Waals surface area contributed by atoms with Crippen LogP contribution in [0.2, 0.25) is 0 Å². The van der Waals surface area contributed by atoms with Crippen LogP contribution in [0.1, 0.15) is 20.3 Å². The molecule has 0 fully saturated rings. The maximum atomic E-state index is 11.8. The van der Waals surface area contributed by atoms with Gasteiger partial charge in [0.25, 0.3) is 0 Å². The Hall–Kier alpha value is -1.91. The van der Waals surface area contributed by atoms with Crippen molar-refractivity contribution in [3.63, 3.8) is 0 Å². The number of hydrogen-bond donors (Lipinski definition) is 1. The van der Waals surface area contributed by atoms with Crippen LogP contribution in [0, 0.1) is 0 Å². The molecule has 0 saturated heterocycles. The van der Waals surface area contributed by atoms with Crippen LogP contribution >= 0.6 is 0 Å². The van der Waals surface area contributed by atoms with E-state index in [1.165, 1.54) is 0 Å². The third-order valence-corrected chi connectivity index (χ3v) is 2.94. The summed E-state index contributed by atoms with van der Waals surface area (Å²) < 4.78 is 10.9. The van der Waals surface area contributed by atoms with Crippen molar-refractivity contribution in [3.8, 4) is 5.75 Å². The van der Waals surface area contributed by atoms with Crippen LogP contribution in [-0.2, 0) is 9.53 Å². The summed E-state index contributed by atoms with van der Waals surface area (Å²) in [7, 11) is 0. The van der Waals surface area contributed by atoms with E-state index in [0.29, 0.717) is 18.8 Å². The van der Waals surface area contributed by atoms with Gasteiger partial charge in [-0.1, -0.05) is 13.0 Å². The molecule has 1 unspecified atom stereocenters. The Morgan fingerprint density at radius 3 is 3.11 bits per heavy atom. The van der Waals surface area contributed by atoms with Crippen molar-refractivity contribution in [2.24, 2.45) is 0 Å². The summed E-state index contributed by atoms with van der Waals surface area (Å²) in [6.07, 6.45) is 0.845. The van der Waals surface area contributed by atoms with Crippen molar-refractivity contribution in [3.05, 3.63) is 18.2 Å². The summed E-state index contributed by atoms with van der Waals surface area (Å²) in [6.45, 7) is 5.22. The van der Waals surface area contributed by atoms with Gasteiger partial charge in [0, 0.05) is 0 Å². The number of nitrogen functional groups attached to an aromatic ring is 1. The Balaban J connectivity index is 2.16. The van der Waals surface area contributed by atoms with Gasteiger partial charge in [-0.25, -0.2) is 0 Å². The van der Waals surface area contributed by atoms with E-state index in [1.54, 1.807) is 0 Å². The Kier molecular flexibility index (Phi) is 4.14. The number of hydrogen-bond acceptors (Lipinski definition) is 5. The maximum Gasteiger partial charge on any atom is 0.325 e. The summed E-state index contributed by atoms with van der Waals surface area (Å²) >= 11 is 0. The van der Waals surface area contributed by atoms with Crippen LogP contribution in [0.4, 0.5) is 11.4 Å². The van der Waals surface area contributed by atoms with E-state index in [1.807, 2.05) is 36.9 Å². The van der Waals surface area contributed by atoms with Crippen LogP contribution in [0.25, 0.3) is 0 Å². The van der Waals surface area contributed by atoms with E-state index in [4.69, 9.17) is 15.2 Å². The Morgan fingerprint density at radius 1 is 1.58 bits per heavy atom. The van der Waals surface area contributed by atoms with Gasteiger partial charge in [-0.15, -0.1) is 0 Å². The van der Waals surface area contributed by atoms with E-state index in [-0.39, 0.29) is 18.6 Å². The summed E-state index contributed by atoms with van der Waals surface area (Å²) in [5, 5.41) is 0. The van der Waals surface area contributed by atoms with Gasteiger partial charge in [0.1, 0.15) is 24.1 Å². The number of carbonyl (C=O) groups excluding carboxylic acids is 1. The molecule has 0 radical (unpaired) electrons. The molecule has 0 aliphatic carbocycles. The zero-order valence-corrected chi connectivity index (χ0v) is 11.4. The zero-order valence-electron chi connectivity index (χ0n) is 11.4. The lowest BCUT2D eigenvalue weighted by Crippen LogP contribution is -2.42. The van der Waals surface area contributed by atoms with E-state index >= 15 is 0 Å². The van der Waals surface area contributed by atoms with Crippen LogP contribution in [0.5, 0.6) is 5.75 Å². The molecule has 1 heterocycles. The molecule has 2 N–H and O–H groups in total. The molecule has 0 amide bonds. The fourth-order valence-corrected chi connectivity index (χ4v) is 2.19. The SMILES string of the molecule is CCCOC(=O)CN1CC(C)Oc2cccc(N)c21. The number of benzene rings is 1. The van der Waals surface area contributed by atoms with Gasteiger partial charge in [-0.05, 0) is 25.5 Å². The minimum absolute atomic E-state index is 0.0216. The highest BCUT2D eigenvalue weighted by Crippen LogP contribution is 2.37. The second-order valence-corrected chi connectivity index (χ2v) is 4.72. The lowest BCUT2D eigenvalue weighted by Gasteiger charge is -2.35. The van der Waals surface area contributed by atoms with E-state index in [2.05, 4.69) is 0 Å². The molecule has 1 aliphatic rings. The van der Waals surface area contributed by atoms with Crippen molar-refractivity contribution in [2.45, 2.75) is 26.4 Å². The third-order valence-electron chi connectivity index (χ3n) is 2.94. The van der Waals surface area contributed by atoms with Gasteiger partial charge >= 0.3 is 5.97 Å². The van der Waals surface area contributed by atoms with Crippen molar-refractivity contribution < 1.29 is 14.3 Å².